The molecule has 49 heavy (non-hydrogen) atoms. The van der Waals surface area contributed by atoms with Crippen molar-refractivity contribution in [2.45, 2.75) is 35.7 Å². The molecule has 1 aromatic heterocycles. The zero-order valence-corrected chi connectivity index (χ0v) is 28.0. The Morgan fingerprint density at radius 1 is 1.02 bits per heavy atom. The van der Waals surface area contributed by atoms with Crippen LogP contribution in [0, 0.1) is 36.5 Å². The molecule has 0 radical (unpaired) electrons. The highest BCUT2D eigenvalue weighted by Crippen LogP contribution is 2.69. The number of nitrogens with zero attached hydrogens (tertiary/aromatic N) is 1. The van der Waals surface area contributed by atoms with Crippen LogP contribution >= 0.6 is 34.7 Å². The van der Waals surface area contributed by atoms with E-state index in [0.717, 1.165) is 38.8 Å². The summed E-state index contributed by atoms with van der Waals surface area (Å²) in [4.78, 5) is 57.9. The fraction of sp³-hybridized carbons (Fsp3) is 0.314. The Hall–Kier alpha value is -4.07. The van der Waals surface area contributed by atoms with E-state index < -0.39 is 41.3 Å². The summed E-state index contributed by atoms with van der Waals surface area (Å²) in [5.74, 6) is -3.62. The summed E-state index contributed by atoms with van der Waals surface area (Å²) in [5.41, 5.74) is 1.29. The first kappa shape index (κ1) is 32.2. The molecule has 2 N–H and O–H groups in total. The van der Waals surface area contributed by atoms with Gasteiger partial charge >= 0.3 is 11.0 Å². The zero-order valence-electron chi connectivity index (χ0n) is 25.6. The molecule has 1 saturated heterocycles. The lowest BCUT2D eigenvalue weighted by Gasteiger charge is -2.43. The van der Waals surface area contributed by atoms with Crippen molar-refractivity contribution < 1.29 is 32.3 Å². The van der Waals surface area contributed by atoms with Gasteiger partial charge in [0.25, 0.3) is 5.91 Å². The van der Waals surface area contributed by atoms with Crippen LogP contribution in [0.5, 0.6) is 5.75 Å². The van der Waals surface area contributed by atoms with Gasteiger partial charge in [-0.15, -0.1) is 11.8 Å². The number of aromatic amines is 1. The zero-order chi connectivity index (χ0) is 34.4. The number of hydrogen-bond acceptors (Lipinski definition) is 7. The van der Waals surface area contributed by atoms with Crippen molar-refractivity contribution in [3.63, 3.8) is 0 Å². The number of thioether (sulfide) groups is 1. The highest BCUT2D eigenvalue weighted by Gasteiger charge is 2.70. The number of alkyl halides is 3. The maximum Gasteiger partial charge on any atom is 0.416 e. The Morgan fingerprint density at radius 2 is 1.76 bits per heavy atom. The lowest BCUT2D eigenvalue weighted by atomic mass is 9.68. The smallest absolute Gasteiger partial charge is 0.416 e. The topological polar surface area (TPSA) is 109 Å². The first-order valence-corrected chi connectivity index (χ1v) is 17.7. The molecule has 4 aliphatic rings. The second-order valence-electron chi connectivity index (χ2n) is 12.9. The van der Waals surface area contributed by atoms with Gasteiger partial charge < -0.3 is 15.0 Å². The number of imide groups is 1. The minimum absolute atomic E-state index is 0.0938. The number of amides is 3. The maximum absolute atomic E-state index is 14.1. The molecule has 8 rings (SSSR count). The molecule has 3 heterocycles. The molecule has 0 spiro atoms. The molecule has 2 saturated carbocycles. The molecule has 2 bridgehead atoms. The third kappa shape index (κ3) is 5.37. The second kappa shape index (κ2) is 11.8. The molecule has 3 aromatic carbocycles. The summed E-state index contributed by atoms with van der Waals surface area (Å²) in [7, 11) is 0. The lowest BCUT2D eigenvalue weighted by molar-refractivity contribution is -0.137. The third-order valence-corrected chi connectivity index (χ3v) is 13.0. The van der Waals surface area contributed by atoms with Gasteiger partial charge in [-0.05, 0) is 79.6 Å². The quantitative estimate of drug-likeness (QED) is 0.205. The van der Waals surface area contributed by atoms with Crippen LogP contribution in [0.3, 0.4) is 0 Å². The summed E-state index contributed by atoms with van der Waals surface area (Å²) in [6.45, 7) is 1.64. The number of thiazole rings is 1. The van der Waals surface area contributed by atoms with Crippen LogP contribution in [0.2, 0.25) is 5.02 Å². The molecule has 4 aromatic rings. The first-order valence-electron chi connectivity index (χ1n) is 15.6. The summed E-state index contributed by atoms with van der Waals surface area (Å²) in [6, 6.07) is 16.7. The predicted molar refractivity (Wildman–Crippen MR) is 179 cm³/mol. The largest absolute Gasteiger partial charge is 0.483 e. The number of hydrogen-bond donors (Lipinski definition) is 2. The summed E-state index contributed by atoms with van der Waals surface area (Å²) in [6.07, 6.45) is -4.06. The lowest BCUT2D eigenvalue weighted by Crippen LogP contribution is -2.42. The molecule has 14 heteroatoms. The molecule has 8 nitrogen and oxygen atoms in total. The van der Waals surface area contributed by atoms with Crippen LogP contribution in [0.4, 0.5) is 24.5 Å². The number of H-pyrrole nitrogens is 1. The average Bonchev–Trinajstić information content (AvgIpc) is 3.80. The van der Waals surface area contributed by atoms with Crippen molar-refractivity contribution in [1.29, 1.82) is 0 Å². The average molecular weight is 726 g/mol. The van der Waals surface area contributed by atoms with Gasteiger partial charge in [-0.2, -0.15) is 13.2 Å². The number of benzene rings is 3. The van der Waals surface area contributed by atoms with E-state index in [2.05, 4.69) is 10.3 Å². The molecule has 3 amide bonds. The van der Waals surface area contributed by atoms with E-state index in [0.29, 0.717) is 33.5 Å². The van der Waals surface area contributed by atoms with Crippen molar-refractivity contribution in [2.75, 3.05) is 16.8 Å². The van der Waals surface area contributed by atoms with Crippen molar-refractivity contribution in [1.82, 2.24) is 4.98 Å². The molecule has 2 aliphatic heterocycles. The molecule has 252 valence electrons. The number of fused-ring (bicyclic) bond motifs is 9. The maximum atomic E-state index is 14.1. The minimum atomic E-state index is -4.64. The van der Waals surface area contributed by atoms with Gasteiger partial charge in [0.15, 0.2) is 6.61 Å². The fourth-order valence-corrected chi connectivity index (χ4v) is 11.4. The summed E-state index contributed by atoms with van der Waals surface area (Å²) >= 11 is 9.09. The Kier molecular flexibility index (Phi) is 7.72. The van der Waals surface area contributed by atoms with E-state index in [1.54, 1.807) is 30.3 Å². The van der Waals surface area contributed by atoms with E-state index in [1.165, 1.54) is 23.9 Å². The number of aryl methyl sites for hydroxylation is 1. The molecular weight excluding hydrogens is 699 g/mol. The normalized spacial score (nSPS) is 26.8. The summed E-state index contributed by atoms with van der Waals surface area (Å²) in [5, 5.41) is 3.72. The van der Waals surface area contributed by atoms with Gasteiger partial charge in [0, 0.05) is 32.3 Å². The first-order chi connectivity index (χ1) is 23.4. The Labute approximate surface area is 291 Å². The van der Waals surface area contributed by atoms with Crippen LogP contribution in [0.15, 0.2) is 76.6 Å². The van der Waals surface area contributed by atoms with Crippen LogP contribution < -0.4 is 19.8 Å². The predicted octanol–water partition coefficient (Wildman–Crippen LogP) is 7.11. The van der Waals surface area contributed by atoms with Gasteiger partial charge in [-0.25, -0.2) is 0 Å². The molecular formula is C35H27ClF3N3O5S2. The number of anilines is 2. The Balaban J connectivity index is 1.13. The van der Waals surface area contributed by atoms with Gasteiger partial charge in [0.05, 0.1) is 28.1 Å². The van der Waals surface area contributed by atoms with E-state index >= 15 is 0 Å². The Morgan fingerprint density at radius 3 is 2.49 bits per heavy atom. The molecule has 3 fully saturated rings. The summed E-state index contributed by atoms with van der Waals surface area (Å²) < 4.78 is 46.8. The number of halogens is 4. The molecule has 2 aliphatic carbocycles. The van der Waals surface area contributed by atoms with Crippen molar-refractivity contribution in [2.24, 2.45) is 29.6 Å². The molecule has 7 atom stereocenters. The number of carbonyl (C=O) groups excluding carboxylic acids is 3. The number of nitrogens with one attached hydrogen (secondary N) is 2. The van der Waals surface area contributed by atoms with Gasteiger partial charge in [-0.1, -0.05) is 46.7 Å². The van der Waals surface area contributed by atoms with Crippen LogP contribution in [-0.4, -0.2) is 34.6 Å². The van der Waals surface area contributed by atoms with E-state index in [9.17, 15) is 32.3 Å². The monoisotopic (exact) mass is 725 g/mol. The van der Waals surface area contributed by atoms with Crippen LogP contribution in [-0.2, 0) is 20.6 Å². The number of aromatic nitrogens is 1. The Bertz CT molecular complexity index is 2080. The third-order valence-electron chi connectivity index (χ3n) is 10.2. The van der Waals surface area contributed by atoms with E-state index in [4.69, 9.17) is 16.3 Å². The van der Waals surface area contributed by atoms with E-state index in [1.807, 2.05) is 19.1 Å². The minimum Gasteiger partial charge on any atom is -0.483 e. The van der Waals surface area contributed by atoms with Crippen molar-refractivity contribution >= 4 is 63.8 Å². The van der Waals surface area contributed by atoms with Crippen molar-refractivity contribution in [3.8, 4) is 5.75 Å². The number of ether oxygens (including phenoxy) is 1. The highest BCUT2D eigenvalue weighted by molar-refractivity contribution is 8.00. The van der Waals surface area contributed by atoms with E-state index in [-0.39, 0.29) is 46.1 Å². The van der Waals surface area contributed by atoms with Crippen LogP contribution in [0.1, 0.15) is 33.9 Å². The van der Waals surface area contributed by atoms with Gasteiger partial charge in [0.2, 0.25) is 11.8 Å². The van der Waals surface area contributed by atoms with Crippen LogP contribution in [0.25, 0.3) is 0 Å². The fourth-order valence-electron chi connectivity index (χ4n) is 8.31. The standard InChI is InChI=1S/C35H27ClF3N3O5S2/c1-15-5-8-18(9-6-15)40-24(43)14-47-23-10-7-17(36)12-20(23)25-26-21-13-22(29(26)48-31-30(25)49-34(46)41-31)28-27(21)32(44)42(33(28)45)19-4-2-3-16(11-19)35(37,38)39/h2-12,21-22,25-29H,13-14H2,1H3,(H,40,43)(H,41,46)/t21?,22?,25-,26?,27?,28?,29?/m1/s1. The van der Waals surface area contributed by atoms with Crippen molar-refractivity contribution in [3.05, 3.63) is 103 Å². The highest BCUT2D eigenvalue weighted by atomic mass is 35.5. The van der Waals surface area contributed by atoms with Gasteiger partial charge in [0.1, 0.15) is 5.75 Å². The number of carbonyl (C=O) groups is 3. The SMILES string of the molecule is Cc1ccc(NC(=O)COc2ccc(Cl)cc2[C@H]2c3sc(=O)[nH]c3SC3C4CC(C5C(=O)N(c6cccc(C(F)(F)F)c6)C(=O)C45)C32)cc1. The second-order valence-corrected chi connectivity index (χ2v) is 15.5. The number of rotatable bonds is 6. The molecule has 6 unspecified atom stereocenters. The van der Waals surface area contributed by atoms with Gasteiger partial charge in [-0.3, -0.25) is 24.1 Å².